The highest BCUT2D eigenvalue weighted by Gasteiger charge is 2.70. The van der Waals surface area contributed by atoms with E-state index in [1.807, 2.05) is 7.11 Å². The van der Waals surface area contributed by atoms with Crippen molar-refractivity contribution in [3.05, 3.63) is 11.6 Å². The van der Waals surface area contributed by atoms with Gasteiger partial charge in [0.05, 0.1) is 18.8 Å². The predicted octanol–water partition coefficient (Wildman–Crippen LogP) is 8.16. The first kappa shape index (κ1) is 30.7. The summed E-state index contributed by atoms with van der Waals surface area (Å²) in [5.41, 5.74) is 1.79. The van der Waals surface area contributed by atoms with E-state index in [0.29, 0.717) is 30.1 Å². The summed E-state index contributed by atoms with van der Waals surface area (Å²) < 4.78 is 12.5. The SMILES string of the molecule is CCCC(=O)C12CCC(C)(C)CC1C1=CCC3[C@@]4(C)CC(OC)C(OCC)C(C)(CO)C4CC[C@@]3(C)[C@]1(C)CC2. The van der Waals surface area contributed by atoms with Gasteiger partial charge in [0.15, 0.2) is 0 Å². The van der Waals surface area contributed by atoms with Crippen LogP contribution in [0.2, 0.25) is 0 Å². The third kappa shape index (κ3) is 4.04. The van der Waals surface area contributed by atoms with Crippen LogP contribution in [0.5, 0.6) is 0 Å². The zero-order valence-corrected chi connectivity index (χ0v) is 27.3. The molecule has 228 valence electrons. The number of aliphatic hydroxyl groups excluding tert-OH is 1. The van der Waals surface area contributed by atoms with E-state index in [2.05, 4.69) is 61.5 Å². The highest BCUT2D eigenvalue weighted by molar-refractivity contribution is 5.86. The van der Waals surface area contributed by atoms with Gasteiger partial charge in [0, 0.05) is 31.0 Å². The second-order valence-corrected chi connectivity index (χ2v) is 16.6. The normalized spacial score (nSPS) is 49.6. The molecule has 1 N–H and O–H groups in total. The largest absolute Gasteiger partial charge is 0.396 e. The summed E-state index contributed by atoms with van der Waals surface area (Å²) in [5.74, 6) is 1.86. The minimum Gasteiger partial charge on any atom is -0.396 e. The summed E-state index contributed by atoms with van der Waals surface area (Å²) in [5, 5.41) is 10.9. The molecule has 0 heterocycles. The van der Waals surface area contributed by atoms with Crippen molar-refractivity contribution in [2.75, 3.05) is 20.3 Å². The Balaban J connectivity index is 1.59. The van der Waals surface area contributed by atoms with Gasteiger partial charge in [-0.25, -0.2) is 0 Å². The molecule has 0 saturated heterocycles. The molecule has 0 aromatic rings. The summed E-state index contributed by atoms with van der Waals surface area (Å²) in [4.78, 5) is 13.9. The van der Waals surface area contributed by atoms with Gasteiger partial charge in [-0.1, -0.05) is 60.1 Å². The van der Waals surface area contributed by atoms with Crippen molar-refractivity contribution in [2.24, 2.45) is 50.2 Å². The lowest BCUT2D eigenvalue weighted by atomic mass is 9.33. The second-order valence-electron chi connectivity index (χ2n) is 16.6. The molecule has 0 amide bonds. The van der Waals surface area contributed by atoms with Crippen LogP contribution in [0.4, 0.5) is 0 Å². The van der Waals surface area contributed by atoms with E-state index in [1.54, 1.807) is 5.57 Å². The highest BCUT2D eigenvalue weighted by atomic mass is 16.5. The lowest BCUT2D eigenvalue weighted by Crippen LogP contribution is -2.68. The van der Waals surface area contributed by atoms with E-state index in [4.69, 9.17) is 9.47 Å². The Morgan fingerprint density at radius 3 is 2.30 bits per heavy atom. The summed E-state index contributed by atoms with van der Waals surface area (Å²) in [7, 11) is 1.83. The molecule has 5 aliphatic carbocycles. The molecule has 4 nitrogen and oxygen atoms in total. The number of Topliss-reactive ketones (excluding diaryl/α,β-unsaturated/α-hetero) is 1. The van der Waals surface area contributed by atoms with E-state index in [0.717, 1.165) is 57.8 Å². The maximum Gasteiger partial charge on any atom is 0.139 e. The molecule has 4 saturated carbocycles. The smallest absolute Gasteiger partial charge is 0.139 e. The second kappa shape index (κ2) is 10.2. The Morgan fingerprint density at radius 1 is 0.975 bits per heavy atom. The van der Waals surface area contributed by atoms with Gasteiger partial charge >= 0.3 is 0 Å². The van der Waals surface area contributed by atoms with Gasteiger partial charge in [-0.05, 0) is 111 Å². The number of hydrogen-bond acceptors (Lipinski definition) is 4. The summed E-state index contributed by atoms with van der Waals surface area (Å²) in [6.07, 6.45) is 14.2. The summed E-state index contributed by atoms with van der Waals surface area (Å²) in [6, 6.07) is 0. The molecule has 0 aromatic carbocycles. The molecular weight excluding hydrogens is 496 g/mol. The number of carbonyl (C=O) groups excluding carboxylic acids is 1. The van der Waals surface area contributed by atoms with Crippen LogP contribution in [0.1, 0.15) is 126 Å². The van der Waals surface area contributed by atoms with Gasteiger partial charge < -0.3 is 14.6 Å². The predicted molar refractivity (Wildman–Crippen MR) is 162 cm³/mol. The fraction of sp³-hybridized carbons (Fsp3) is 0.917. The molecule has 0 aromatic heterocycles. The van der Waals surface area contributed by atoms with Crippen LogP contribution in [0.15, 0.2) is 11.6 Å². The van der Waals surface area contributed by atoms with E-state index >= 15 is 0 Å². The number of allylic oxidation sites excluding steroid dienone is 2. The Bertz CT molecular complexity index is 1020. The highest BCUT2D eigenvalue weighted by Crippen LogP contribution is 2.76. The van der Waals surface area contributed by atoms with Crippen LogP contribution in [0, 0.1) is 50.2 Å². The van der Waals surface area contributed by atoms with E-state index < -0.39 is 0 Å². The van der Waals surface area contributed by atoms with E-state index in [9.17, 15) is 9.90 Å². The summed E-state index contributed by atoms with van der Waals surface area (Å²) in [6.45, 7) is 19.9. The van der Waals surface area contributed by atoms with Gasteiger partial charge in [-0.15, -0.1) is 0 Å². The average molecular weight is 557 g/mol. The van der Waals surface area contributed by atoms with Gasteiger partial charge in [0.25, 0.3) is 0 Å². The van der Waals surface area contributed by atoms with Crippen LogP contribution in [-0.4, -0.2) is 43.4 Å². The van der Waals surface area contributed by atoms with Gasteiger partial charge in [0.2, 0.25) is 0 Å². The topological polar surface area (TPSA) is 55.8 Å². The van der Waals surface area contributed by atoms with Crippen LogP contribution in [0.25, 0.3) is 0 Å². The number of ketones is 1. The van der Waals surface area contributed by atoms with Crippen LogP contribution >= 0.6 is 0 Å². The Morgan fingerprint density at radius 2 is 1.68 bits per heavy atom. The number of aliphatic hydroxyl groups is 1. The minimum atomic E-state index is -0.322. The van der Waals surface area contributed by atoms with E-state index in [1.165, 1.54) is 12.8 Å². The zero-order valence-electron chi connectivity index (χ0n) is 27.3. The lowest BCUT2D eigenvalue weighted by molar-refractivity contribution is -0.256. The fourth-order valence-corrected chi connectivity index (χ4v) is 12.0. The van der Waals surface area contributed by atoms with Gasteiger partial charge in [0.1, 0.15) is 5.78 Å². The number of fused-ring (bicyclic) bond motifs is 7. The monoisotopic (exact) mass is 556 g/mol. The minimum absolute atomic E-state index is 0.0105. The number of ether oxygens (including phenoxy) is 2. The van der Waals surface area contributed by atoms with Crippen molar-refractivity contribution in [1.82, 2.24) is 0 Å². The molecule has 10 atom stereocenters. The van der Waals surface area contributed by atoms with Crippen molar-refractivity contribution in [2.45, 2.75) is 138 Å². The molecule has 40 heavy (non-hydrogen) atoms. The maximum atomic E-state index is 13.9. The number of carbonyl (C=O) groups is 1. The van der Waals surface area contributed by atoms with Crippen LogP contribution < -0.4 is 0 Å². The number of hydrogen-bond donors (Lipinski definition) is 1. The number of methoxy groups -OCH3 is 1. The fourth-order valence-electron chi connectivity index (χ4n) is 12.0. The third-order valence-corrected chi connectivity index (χ3v) is 14.3. The molecular formula is C36H60O4. The van der Waals surface area contributed by atoms with Crippen molar-refractivity contribution in [3.8, 4) is 0 Å². The van der Waals surface area contributed by atoms with Crippen molar-refractivity contribution >= 4 is 5.78 Å². The molecule has 0 radical (unpaired) electrons. The maximum absolute atomic E-state index is 13.9. The third-order valence-electron chi connectivity index (χ3n) is 14.3. The van der Waals surface area contributed by atoms with Crippen molar-refractivity contribution in [1.29, 1.82) is 0 Å². The molecule has 0 bridgehead atoms. The molecule has 7 unspecified atom stereocenters. The van der Waals surface area contributed by atoms with Gasteiger partial charge in [-0.3, -0.25) is 4.79 Å². The average Bonchev–Trinajstić information content (AvgIpc) is 2.90. The quantitative estimate of drug-likeness (QED) is 0.321. The van der Waals surface area contributed by atoms with E-state index in [-0.39, 0.29) is 51.3 Å². The van der Waals surface area contributed by atoms with Crippen molar-refractivity contribution in [3.63, 3.8) is 0 Å². The van der Waals surface area contributed by atoms with Gasteiger partial charge in [-0.2, -0.15) is 0 Å². The number of rotatable bonds is 7. The lowest BCUT2D eigenvalue weighted by Gasteiger charge is -2.72. The standard InChI is InChI=1S/C36H60O4/c1-10-12-29(38)36-19-17-31(3,4)21-25(36)24-13-14-28-32(5)22-26(39-9)30(40-11-2)33(6,23-37)27(32)15-16-35(28,8)34(24,7)18-20-36/h13,25-28,30,37H,10-12,14-23H2,1-9H3/t25?,26?,27?,28?,30?,32-,33?,34+,35+,36?/m0/s1. The van der Waals surface area contributed by atoms with Crippen LogP contribution in [-0.2, 0) is 14.3 Å². The molecule has 4 fully saturated rings. The first-order valence-corrected chi connectivity index (χ1v) is 16.7. The molecule has 0 spiro atoms. The molecule has 5 rings (SSSR count). The summed E-state index contributed by atoms with van der Waals surface area (Å²) >= 11 is 0. The Hall–Kier alpha value is -0.710. The van der Waals surface area contributed by atoms with Crippen molar-refractivity contribution < 1.29 is 19.4 Å². The molecule has 4 heteroatoms. The molecule has 5 aliphatic rings. The Labute approximate surface area is 245 Å². The molecule has 0 aliphatic heterocycles. The Kier molecular flexibility index (Phi) is 7.83. The zero-order chi connectivity index (χ0) is 29.4. The first-order valence-electron chi connectivity index (χ1n) is 16.7. The van der Waals surface area contributed by atoms with Crippen LogP contribution in [0.3, 0.4) is 0 Å². The first-order chi connectivity index (χ1) is 18.7.